The number of rotatable bonds is 3. The maximum absolute atomic E-state index is 13.3. The fourth-order valence-electron chi connectivity index (χ4n) is 1.70. The first-order valence-electron chi connectivity index (χ1n) is 7.38. The predicted octanol–water partition coefficient (Wildman–Crippen LogP) is 4.04. The summed E-state index contributed by atoms with van der Waals surface area (Å²) >= 11 is 0. The van der Waals surface area contributed by atoms with Crippen LogP contribution >= 0.6 is 0 Å². The summed E-state index contributed by atoms with van der Waals surface area (Å²) in [6.45, 7) is -2.79. The second-order valence-electron chi connectivity index (χ2n) is 4.32. The molecule has 116 valence electrons. The smallest absolute Gasteiger partial charge is 0.416 e. The van der Waals surface area contributed by atoms with Crippen LogP contribution in [0.25, 0.3) is 0 Å². The van der Waals surface area contributed by atoms with Crippen LogP contribution in [0, 0.1) is 12.7 Å². The molecule has 0 bridgehead atoms. The molecular formula is C15H11F4NO2. The Morgan fingerprint density at radius 2 is 1.91 bits per heavy atom. The molecule has 0 saturated heterocycles. The van der Waals surface area contributed by atoms with Crippen molar-refractivity contribution >= 4 is 5.91 Å². The van der Waals surface area contributed by atoms with E-state index in [0.29, 0.717) is 18.2 Å². The van der Waals surface area contributed by atoms with Crippen molar-refractivity contribution in [3.05, 3.63) is 58.9 Å². The van der Waals surface area contributed by atoms with Gasteiger partial charge < -0.3 is 10.5 Å². The summed E-state index contributed by atoms with van der Waals surface area (Å²) in [7, 11) is 0. The van der Waals surface area contributed by atoms with E-state index < -0.39 is 47.4 Å². The Balaban J connectivity index is 2.58. The third-order valence-electron chi connectivity index (χ3n) is 2.74. The van der Waals surface area contributed by atoms with Gasteiger partial charge in [0, 0.05) is 4.11 Å². The number of hydrogen-bond donors (Lipinski definition) is 1. The zero-order chi connectivity index (χ0) is 19.0. The van der Waals surface area contributed by atoms with Gasteiger partial charge in [-0.2, -0.15) is 13.2 Å². The van der Waals surface area contributed by atoms with Crippen LogP contribution in [0.5, 0.6) is 11.5 Å². The quantitative estimate of drug-likeness (QED) is 0.869. The van der Waals surface area contributed by atoms with Crippen molar-refractivity contribution in [1.82, 2.24) is 0 Å². The van der Waals surface area contributed by atoms with Gasteiger partial charge in [0.25, 0.3) is 5.91 Å². The van der Waals surface area contributed by atoms with Gasteiger partial charge in [-0.25, -0.2) is 4.39 Å². The van der Waals surface area contributed by atoms with Crippen molar-refractivity contribution < 1.29 is 31.2 Å². The Morgan fingerprint density at radius 3 is 2.50 bits per heavy atom. The number of carbonyl (C=O) groups excluding carboxylic acids is 1. The lowest BCUT2D eigenvalue weighted by atomic mass is 10.1. The highest BCUT2D eigenvalue weighted by Crippen LogP contribution is 2.35. The van der Waals surface area contributed by atoms with Gasteiger partial charge in [-0.15, -0.1) is 0 Å². The van der Waals surface area contributed by atoms with Gasteiger partial charge in [0.1, 0.15) is 17.3 Å². The normalized spacial score (nSPS) is 13.9. The first-order chi connectivity index (χ1) is 11.4. The summed E-state index contributed by atoms with van der Waals surface area (Å²) in [4.78, 5) is 11.4. The molecule has 0 heterocycles. The van der Waals surface area contributed by atoms with E-state index in [2.05, 4.69) is 0 Å². The van der Waals surface area contributed by atoms with Crippen LogP contribution < -0.4 is 10.5 Å². The monoisotopic (exact) mass is 316 g/mol. The van der Waals surface area contributed by atoms with Crippen LogP contribution in [0.15, 0.2) is 36.4 Å². The SMILES string of the molecule is [2H]C([2H])([2H])c1cc(F)ccc1Oc1cc(C(F)(F)F)ccc1C(N)=O. The Labute approximate surface area is 127 Å². The van der Waals surface area contributed by atoms with Gasteiger partial charge in [0.05, 0.1) is 11.1 Å². The number of hydrogen-bond acceptors (Lipinski definition) is 2. The molecule has 0 unspecified atom stereocenters. The molecule has 0 spiro atoms. The van der Waals surface area contributed by atoms with Gasteiger partial charge in [0.15, 0.2) is 0 Å². The summed E-state index contributed by atoms with van der Waals surface area (Å²) in [5.74, 6) is -2.93. The molecule has 22 heavy (non-hydrogen) atoms. The van der Waals surface area contributed by atoms with E-state index in [0.717, 1.165) is 18.2 Å². The minimum Gasteiger partial charge on any atom is -0.456 e. The lowest BCUT2D eigenvalue weighted by Gasteiger charge is -2.14. The molecule has 0 aliphatic heterocycles. The number of amides is 1. The van der Waals surface area contributed by atoms with E-state index in [-0.39, 0.29) is 5.56 Å². The van der Waals surface area contributed by atoms with Crippen LogP contribution in [0.3, 0.4) is 0 Å². The highest BCUT2D eigenvalue weighted by atomic mass is 19.4. The molecule has 2 aromatic carbocycles. The number of benzene rings is 2. The van der Waals surface area contributed by atoms with Crippen LogP contribution in [0.2, 0.25) is 0 Å². The van der Waals surface area contributed by atoms with Crippen molar-refractivity contribution in [2.24, 2.45) is 5.73 Å². The minimum atomic E-state index is -4.72. The first kappa shape index (κ1) is 12.0. The average molecular weight is 316 g/mol. The van der Waals surface area contributed by atoms with Crippen molar-refractivity contribution in [2.75, 3.05) is 0 Å². The van der Waals surface area contributed by atoms with Gasteiger partial charge in [-0.1, -0.05) is 0 Å². The number of aryl methyl sites for hydroxylation is 1. The van der Waals surface area contributed by atoms with Crippen molar-refractivity contribution in [1.29, 1.82) is 0 Å². The number of nitrogens with two attached hydrogens (primary N) is 1. The van der Waals surface area contributed by atoms with Gasteiger partial charge in [-0.05, 0) is 48.8 Å². The van der Waals surface area contributed by atoms with Crippen LogP contribution in [0.4, 0.5) is 17.6 Å². The molecule has 2 aromatic rings. The topological polar surface area (TPSA) is 52.3 Å². The van der Waals surface area contributed by atoms with E-state index in [1.54, 1.807) is 0 Å². The Morgan fingerprint density at radius 1 is 1.18 bits per heavy atom. The molecule has 0 saturated carbocycles. The molecular weight excluding hydrogens is 302 g/mol. The van der Waals surface area contributed by atoms with E-state index in [4.69, 9.17) is 14.6 Å². The Kier molecular flexibility index (Phi) is 3.10. The molecule has 0 aromatic heterocycles. The van der Waals surface area contributed by atoms with Crippen LogP contribution in [-0.4, -0.2) is 5.91 Å². The largest absolute Gasteiger partial charge is 0.456 e. The minimum absolute atomic E-state index is 0.381. The van der Waals surface area contributed by atoms with Crippen molar-refractivity contribution in [2.45, 2.75) is 13.0 Å². The number of ether oxygens (including phenoxy) is 1. The summed E-state index contributed by atoms with van der Waals surface area (Å²) in [5.41, 5.74) is 3.05. The molecule has 0 radical (unpaired) electrons. The van der Waals surface area contributed by atoms with Gasteiger partial charge in [0.2, 0.25) is 0 Å². The Bertz CT molecular complexity index is 819. The lowest BCUT2D eigenvalue weighted by molar-refractivity contribution is -0.137. The molecule has 7 heteroatoms. The second kappa shape index (κ2) is 5.67. The number of halogens is 4. The fraction of sp³-hybridized carbons (Fsp3) is 0.133. The maximum atomic E-state index is 13.3. The zero-order valence-electron chi connectivity index (χ0n) is 13.9. The average Bonchev–Trinajstić information content (AvgIpc) is 2.46. The first-order valence-corrected chi connectivity index (χ1v) is 5.88. The molecule has 1 amide bonds. The summed E-state index contributed by atoms with van der Waals surface area (Å²) in [6.07, 6.45) is -4.72. The molecule has 2 rings (SSSR count). The fourth-order valence-corrected chi connectivity index (χ4v) is 1.70. The van der Waals surface area contributed by atoms with E-state index in [9.17, 15) is 22.4 Å². The third kappa shape index (κ3) is 3.36. The second-order valence-corrected chi connectivity index (χ2v) is 4.32. The predicted molar refractivity (Wildman–Crippen MR) is 71.2 cm³/mol. The van der Waals surface area contributed by atoms with Crippen LogP contribution in [-0.2, 0) is 6.18 Å². The number of primary amides is 1. The Hall–Kier alpha value is -2.57. The third-order valence-corrected chi connectivity index (χ3v) is 2.74. The van der Waals surface area contributed by atoms with Gasteiger partial charge >= 0.3 is 6.18 Å². The molecule has 0 aliphatic carbocycles. The molecule has 0 aliphatic rings. The summed E-state index contributed by atoms with van der Waals surface area (Å²) < 4.78 is 79.2. The maximum Gasteiger partial charge on any atom is 0.416 e. The number of carbonyl (C=O) groups is 1. The molecule has 0 atom stereocenters. The standard InChI is InChI=1S/C15H11F4NO2/c1-8-6-10(16)3-5-12(8)22-13-7-9(15(17,18)19)2-4-11(13)14(20)21/h2-7H,1H3,(H2,20,21)/i1D3. The summed E-state index contributed by atoms with van der Waals surface area (Å²) in [6, 6.07) is 4.48. The van der Waals surface area contributed by atoms with Crippen LogP contribution in [0.1, 0.15) is 25.6 Å². The van der Waals surface area contributed by atoms with E-state index >= 15 is 0 Å². The van der Waals surface area contributed by atoms with E-state index in [1.807, 2.05) is 0 Å². The lowest BCUT2D eigenvalue weighted by Crippen LogP contribution is -2.14. The molecule has 2 N–H and O–H groups in total. The molecule has 0 fully saturated rings. The zero-order valence-corrected chi connectivity index (χ0v) is 10.9. The van der Waals surface area contributed by atoms with Gasteiger partial charge in [-0.3, -0.25) is 4.79 Å². The molecule has 3 nitrogen and oxygen atoms in total. The highest BCUT2D eigenvalue weighted by molar-refractivity contribution is 5.95. The van der Waals surface area contributed by atoms with Crippen molar-refractivity contribution in [3.8, 4) is 11.5 Å². The number of alkyl halides is 3. The summed E-state index contributed by atoms with van der Waals surface area (Å²) in [5, 5.41) is 0. The van der Waals surface area contributed by atoms with E-state index in [1.165, 1.54) is 0 Å². The highest BCUT2D eigenvalue weighted by Gasteiger charge is 2.31. The van der Waals surface area contributed by atoms with Crippen molar-refractivity contribution in [3.63, 3.8) is 0 Å².